The molecule has 0 amide bonds. The molecular weight excluding hydrogens is 414 g/mol. The van der Waals surface area contributed by atoms with Gasteiger partial charge in [-0.3, -0.25) is 24.3 Å². The maximum absolute atomic E-state index is 13.2. The molecule has 0 fully saturated rings. The van der Waals surface area contributed by atoms with Crippen molar-refractivity contribution in [1.82, 2.24) is 9.13 Å². The molecule has 0 radical (unpaired) electrons. The zero-order valence-corrected chi connectivity index (χ0v) is 17.4. The lowest BCUT2D eigenvalue weighted by Crippen LogP contribution is -2.42. The van der Waals surface area contributed by atoms with Crippen molar-refractivity contribution in [1.29, 1.82) is 0 Å². The predicted octanol–water partition coefficient (Wildman–Crippen LogP) is 2.06. The van der Waals surface area contributed by atoms with Crippen molar-refractivity contribution in [2.75, 3.05) is 13.7 Å². The minimum Gasteiger partial charge on any atom is -0.496 e. The smallest absolute Gasteiger partial charge is 0.332 e. The average Bonchev–Trinajstić information content (AvgIpc) is 3.06. The van der Waals surface area contributed by atoms with Crippen LogP contribution in [0, 0.1) is 17.0 Å². The first-order chi connectivity index (χ1) is 14.3. The van der Waals surface area contributed by atoms with Gasteiger partial charge in [-0.25, -0.2) is 9.36 Å². The Kier molecular flexibility index (Phi) is 6.01. The summed E-state index contributed by atoms with van der Waals surface area (Å²) in [4.78, 5) is 49.1. The standard InChI is InChI=1S/C19H19N3O7S/c1-4-29-14(23)10-20-16(24)15-11(2)17(22(26)27)30-18(15)21(19(20)25)9-12-7-5-6-8-13(12)28-3/h5-8H,4,9-10H2,1-3H3. The van der Waals surface area contributed by atoms with E-state index in [0.29, 0.717) is 11.3 Å². The second-order valence-electron chi connectivity index (χ2n) is 6.35. The second kappa shape index (κ2) is 8.49. The van der Waals surface area contributed by atoms with E-state index in [-0.39, 0.29) is 33.9 Å². The zero-order chi connectivity index (χ0) is 22.0. The number of nitro groups is 1. The van der Waals surface area contributed by atoms with E-state index in [9.17, 15) is 24.5 Å². The highest BCUT2D eigenvalue weighted by atomic mass is 32.1. The number of thiophene rings is 1. The number of aryl methyl sites for hydroxylation is 1. The fraction of sp³-hybridized carbons (Fsp3) is 0.316. The van der Waals surface area contributed by atoms with Crippen LogP contribution < -0.4 is 16.0 Å². The summed E-state index contributed by atoms with van der Waals surface area (Å²) in [5.74, 6) is -0.231. The Hall–Kier alpha value is -3.47. The van der Waals surface area contributed by atoms with Gasteiger partial charge in [0, 0.05) is 5.56 Å². The molecule has 0 spiro atoms. The van der Waals surface area contributed by atoms with Gasteiger partial charge in [0.25, 0.3) is 5.56 Å². The Balaban J connectivity index is 2.32. The van der Waals surface area contributed by atoms with Crippen LogP contribution in [0.1, 0.15) is 18.1 Å². The van der Waals surface area contributed by atoms with Crippen LogP contribution in [0.25, 0.3) is 10.2 Å². The highest BCUT2D eigenvalue weighted by Gasteiger charge is 2.26. The molecule has 0 saturated carbocycles. The molecule has 158 valence electrons. The summed E-state index contributed by atoms with van der Waals surface area (Å²) in [7, 11) is 1.49. The van der Waals surface area contributed by atoms with Gasteiger partial charge < -0.3 is 9.47 Å². The quantitative estimate of drug-likeness (QED) is 0.317. The van der Waals surface area contributed by atoms with Crippen LogP contribution in [-0.4, -0.2) is 33.7 Å². The van der Waals surface area contributed by atoms with Crippen molar-refractivity contribution in [3.63, 3.8) is 0 Å². The van der Waals surface area contributed by atoms with Crippen molar-refractivity contribution in [3.8, 4) is 5.75 Å². The zero-order valence-electron chi connectivity index (χ0n) is 16.5. The van der Waals surface area contributed by atoms with Crippen LogP contribution in [0.4, 0.5) is 5.00 Å². The first-order valence-corrected chi connectivity index (χ1v) is 9.80. The molecule has 10 nitrogen and oxygen atoms in total. The fourth-order valence-corrected chi connectivity index (χ4v) is 4.28. The Bertz CT molecular complexity index is 1260. The minimum absolute atomic E-state index is 0.000437. The van der Waals surface area contributed by atoms with Crippen LogP contribution in [0.3, 0.4) is 0 Å². The maximum atomic E-state index is 13.2. The molecule has 0 aliphatic rings. The highest BCUT2D eigenvalue weighted by molar-refractivity contribution is 7.22. The van der Waals surface area contributed by atoms with Gasteiger partial charge in [0.2, 0.25) is 0 Å². The van der Waals surface area contributed by atoms with Crippen molar-refractivity contribution < 1.29 is 19.2 Å². The van der Waals surface area contributed by atoms with Crippen molar-refractivity contribution in [2.24, 2.45) is 0 Å². The second-order valence-corrected chi connectivity index (χ2v) is 7.32. The number of nitrogens with zero attached hydrogens (tertiary/aromatic N) is 3. The number of benzene rings is 1. The summed E-state index contributed by atoms with van der Waals surface area (Å²) < 4.78 is 12.2. The van der Waals surface area contributed by atoms with E-state index in [2.05, 4.69) is 0 Å². The number of carbonyl (C=O) groups excluding carboxylic acids is 1. The molecule has 0 saturated heterocycles. The van der Waals surface area contributed by atoms with Gasteiger partial charge in [-0.15, -0.1) is 0 Å². The lowest BCUT2D eigenvalue weighted by Gasteiger charge is -2.13. The molecule has 0 bridgehead atoms. The van der Waals surface area contributed by atoms with Crippen LogP contribution >= 0.6 is 11.3 Å². The Morgan fingerprint density at radius 1 is 1.23 bits per heavy atom. The molecule has 1 aromatic carbocycles. The minimum atomic E-state index is -0.763. The molecule has 11 heteroatoms. The van der Waals surface area contributed by atoms with Crippen LogP contribution in [0.5, 0.6) is 5.75 Å². The molecule has 0 atom stereocenters. The summed E-state index contributed by atoms with van der Waals surface area (Å²) in [6.07, 6.45) is 0. The highest BCUT2D eigenvalue weighted by Crippen LogP contribution is 2.34. The number of ether oxygens (including phenoxy) is 2. The van der Waals surface area contributed by atoms with E-state index in [4.69, 9.17) is 9.47 Å². The summed E-state index contributed by atoms with van der Waals surface area (Å²) in [6, 6.07) is 6.99. The number of hydrogen-bond acceptors (Lipinski definition) is 8. The number of methoxy groups -OCH3 is 1. The largest absolute Gasteiger partial charge is 0.496 e. The molecule has 30 heavy (non-hydrogen) atoms. The van der Waals surface area contributed by atoms with Gasteiger partial charge in [-0.2, -0.15) is 0 Å². The number of esters is 1. The first kappa shape index (κ1) is 21.2. The molecule has 2 aromatic heterocycles. The number of carbonyl (C=O) groups is 1. The number of rotatable bonds is 7. The Morgan fingerprint density at radius 3 is 2.57 bits per heavy atom. The first-order valence-electron chi connectivity index (χ1n) is 8.98. The van der Waals surface area contributed by atoms with Gasteiger partial charge in [0.05, 0.1) is 36.1 Å². The van der Waals surface area contributed by atoms with Crippen LogP contribution in [0.15, 0.2) is 33.9 Å². The number of hydrogen-bond donors (Lipinski definition) is 0. The van der Waals surface area contributed by atoms with E-state index in [1.54, 1.807) is 31.2 Å². The third-order valence-corrected chi connectivity index (χ3v) is 5.81. The average molecular weight is 433 g/mol. The lowest BCUT2D eigenvalue weighted by molar-refractivity contribution is -0.380. The van der Waals surface area contributed by atoms with E-state index in [1.165, 1.54) is 18.6 Å². The van der Waals surface area contributed by atoms with Gasteiger partial charge in [0.1, 0.15) is 17.1 Å². The van der Waals surface area contributed by atoms with Crippen molar-refractivity contribution >= 4 is 32.5 Å². The molecule has 0 aliphatic heterocycles. The molecule has 2 heterocycles. The van der Waals surface area contributed by atoms with E-state index >= 15 is 0 Å². The maximum Gasteiger partial charge on any atom is 0.332 e. The van der Waals surface area contributed by atoms with E-state index < -0.39 is 28.7 Å². The monoisotopic (exact) mass is 433 g/mol. The fourth-order valence-electron chi connectivity index (χ4n) is 3.18. The Labute approximate surface area is 174 Å². The van der Waals surface area contributed by atoms with Crippen molar-refractivity contribution in [3.05, 3.63) is 66.3 Å². The summed E-state index contributed by atoms with van der Waals surface area (Å²) >= 11 is 0.751. The molecule has 3 aromatic rings. The lowest BCUT2D eigenvalue weighted by atomic mass is 10.2. The number of aromatic nitrogens is 2. The van der Waals surface area contributed by atoms with Crippen LogP contribution in [0.2, 0.25) is 0 Å². The third kappa shape index (κ3) is 3.71. The summed E-state index contributed by atoms with van der Waals surface area (Å²) in [6.45, 7) is 2.56. The van der Waals surface area contributed by atoms with E-state index in [0.717, 1.165) is 15.9 Å². The van der Waals surface area contributed by atoms with Gasteiger partial charge in [-0.05, 0) is 31.3 Å². The summed E-state index contributed by atoms with van der Waals surface area (Å²) in [5.41, 5.74) is -0.737. The van der Waals surface area contributed by atoms with Gasteiger partial charge >= 0.3 is 16.7 Å². The number of fused-ring (bicyclic) bond motifs is 1. The predicted molar refractivity (Wildman–Crippen MR) is 110 cm³/mol. The van der Waals surface area contributed by atoms with Gasteiger partial charge in [-0.1, -0.05) is 18.2 Å². The topological polar surface area (TPSA) is 123 Å². The molecule has 3 rings (SSSR count). The number of para-hydroxylation sites is 1. The third-order valence-electron chi connectivity index (χ3n) is 4.55. The SMILES string of the molecule is CCOC(=O)Cn1c(=O)c2c(C)c([N+](=O)[O-])sc2n(Cc2ccccc2OC)c1=O. The van der Waals surface area contributed by atoms with Gasteiger partial charge in [0.15, 0.2) is 0 Å². The van der Waals surface area contributed by atoms with Crippen molar-refractivity contribution in [2.45, 2.75) is 26.9 Å². The molecule has 0 aliphatic carbocycles. The molecular formula is C19H19N3O7S. The van der Waals surface area contributed by atoms with E-state index in [1.807, 2.05) is 0 Å². The Morgan fingerprint density at radius 2 is 1.93 bits per heavy atom. The van der Waals surface area contributed by atoms with Crippen LogP contribution in [-0.2, 0) is 22.6 Å². The normalized spacial score (nSPS) is 10.9. The summed E-state index contributed by atoms with van der Waals surface area (Å²) in [5, 5.41) is 11.2. The molecule has 0 unspecified atom stereocenters. The molecule has 0 N–H and O–H groups in total.